The Morgan fingerprint density at radius 3 is 2.47 bits per heavy atom. The van der Waals surface area contributed by atoms with E-state index in [0.29, 0.717) is 0 Å². The molecule has 1 aliphatic rings. The Morgan fingerprint density at radius 1 is 1.16 bits per heavy atom. The third kappa shape index (κ3) is 2.87. The van der Waals surface area contributed by atoms with Gasteiger partial charge < -0.3 is 4.74 Å². The SMILES string of the molecule is C=C(C)c1ccccc1C(=C)C1=CC(OC)=CCC1. The van der Waals surface area contributed by atoms with Gasteiger partial charge >= 0.3 is 0 Å². The molecule has 0 bridgehead atoms. The average molecular weight is 252 g/mol. The zero-order valence-electron chi connectivity index (χ0n) is 11.7. The van der Waals surface area contributed by atoms with Gasteiger partial charge in [-0.05, 0) is 54.2 Å². The number of benzene rings is 1. The molecule has 1 aliphatic carbocycles. The van der Waals surface area contributed by atoms with Crippen LogP contribution in [-0.4, -0.2) is 7.11 Å². The molecule has 0 spiro atoms. The zero-order chi connectivity index (χ0) is 13.8. The molecule has 0 saturated carbocycles. The van der Waals surface area contributed by atoms with Gasteiger partial charge in [0.25, 0.3) is 0 Å². The molecule has 1 aromatic rings. The summed E-state index contributed by atoms with van der Waals surface area (Å²) < 4.78 is 5.31. The highest BCUT2D eigenvalue weighted by Crippen LogP contribution is 2.33. The van der Waals surface area contributed by atoms with E-state index in [-0.39, 0.29) is 0 Å². The molecule has 2 rings (SSSR count). The lowest BCUT2D eigenvalue weighted by molar-refractivity contribution is 0.303. The van der Waals surface area contributed by atoms with E-state index in [1.54, 1.807) is 7.11 Å². The predicted octanol–water partition coefficient (Wildman–Crippen LogP) is 4.98. The van der Waals surface area contributed by atoms with Crippen molar-refractivity contribution >= 4 is 11.1 Å². The molecule has 0 atom stereocenters. The number of hydrogen-bond acceptors (Lipinski definition) is 1. The molecular weight excluding hydrogens is 232 g/mol. The van der Waals surface area contributed by atoms with E-state index in [0.717, 1.165) is 29.7 Å². The first kappa shape index (κ1) is 13.4. The summed E-state index contributed by atoms with van der Waals surface area (Å²) in [6, 6.07) is 8.29. The van der Waals surface area contributed by atoms with Gasteiger partial charge in [0.2, 0.25) is 0 Å². The van der Waals surface area contributed by atoms with Gasteiger partial charge in [0.1, 0.15) is 5.76 Å². The maximum Gasteiger partial charge on any atom is 0.115 e. The van der Waals surface area contributed by atoms with Crippen molar-refractivity contribution in [3.8, 4) is 0 Å². The summed E-state index contributed by atoms with van der Waals surface area (Å²) in [5.74, 6) is 0.926. The third-order valence-electron chi connectivity index (χ3n) is 3.41. The van der Waals surface area contributed by atoms with Gasteiger partial charge in [-0.2, -0.15) is 0 Å². The van der Waals surface area contributed by atoms with Crippen LogP contribution in [0.1, 0.15) is 30.9 Å². The molecule has 0 fully saturated rings. The third-order valence-corrected chi connectivity index (χ3v) is 3.41. The van der Waals surface area contributed by atoms with Gasteiger partial charge in [-0.1, -0.05) is 43.0 Å². The lowest BCUT2D eigenvalue weighted by Gasteiger charge is -2.18. The Labute approximate surface area is 115 Å². The summed E-state index contributed by atoms with van der Waals surface area (Å²) in [6.07, 6.45) is 6.21. The van der Waals surface area contributed by atoms with Crippen LogP contribution in [0.5, 0.6) is 0 Å². The molecule has 1 nitrogen and oxygen atoms in total. The van der Waals surface area contributed by atoms with E-state index >= 15 is 0 Å². The number of rotatable bonds is 4. The molecule has 0 aliphatic heterocycles. The molecule has 1 heteroatoms. The van der Waals surface area contributed by atoms with Gasteiger partial charge in [0.15, 0.2) is 0 Å². The lowest BCUT2D eigenvalue weighted by Crippen LogP contribution is -1.98. The van der Waals surface area contributed by atoms with Crippen LogP contribution in [0.15, 0.2) is 60.9 Å². The van der Waals surface area contributed by atoms with Crippen molar-refractivity contribution in [2.24, 2.45) is 0 Å². The fourth-order valence-electron chi connectivity index (χ4n) is 2.34. The first-order chi connectivity index (χ1) is 9.13. The van der Waals surface area contributed by atoms with Crippen molar-refractivity contribution in [3.63, 3.8) is 0 Å². The maximum atomic E-state index is 5.31. The van der Waals surface area contributed by atoms with Crippen LogP contribution in [0.2, 0.25) is 0 Å². The van der Waals surface area contributed by atoms with Crippen molar-refractivity contribution in [1.82, 2.24) is 0 Å². The van der Waals surface area contributed by atoms with Crippen LogP contribution in [0, 0.1) is 0 Å². The van der Waals surface area contributed by atoms with Crippen LogP contribution in [0.3, 0.4) is 0 Å². The van der Waals surface area contributed by atoms with E-state index < -0.39 is 0 Å². The number of ether oxygens (including phenoxy) is 1. The summed E-state index contributed by atoms with van der Waals surface area (Å²) >= 11 is 0. The number of allylic oxidation sites excluding steroid dienone is 5. The molecule has 1 aromatic carbocycles. The summed E-state index contributed by atoms with van der Waals surface area (Å²) in [7, 11) is 1.70. The van der Waals surface area contributed by atoms with E-state index in [2.05, 4.69) is 37.4 Å². The van der Waals surface area contributed by atoms with Crippen molar-refractivity contribution < 1.29 is 4.74 Å². The molecule has 0 heterocycles. The van der Waals surface area contributed by atoms with Gasteiger partial charge in [-0.3, -0.25) is 0 Å². The zero-order valence-corrected chi connectivity index (χ0v) is 11.7. The fourth-order valence-corrected chi connectivity index (χ4v) is 2.34. The Hall–Kier alpha value is -2.02. The summed E-state index contributed by atoms with van der Waals surface area (Å²) in [4.78, 5) is 0. The first-order valence-corrected chi connectivity index (χ1v) is 6.52. The van der Waals surface area contributed by atoms with E-state index in [1.165, 1.54) is 16.7 Å². The normalized spacial score (nSPS) is 14.4. The minimum Gasteiger partial charge on any atom is -0.497 e. The minimum atomic E-state index is 0.926. The second-order valence-electron chi connectivity index (χ2n) is 4.82. The smallest absolute Gasteiger partial charge is 0.115 e. The molecule has 0 aromatic heterocycles. The molecule has 0 radical (unpaired) electrons. The quantitative estimate of drug-likeness (QED) is 0.734. The molecule has 0 amide bonds. The van der Waals surface area contributed by atoms with Crippen LogP contribution < -0.4 is 0 Å². The van der Waals surface area contributed by atoms with E-state index in [1.807, 2.05) is 19.1 Å². The highest BCUT2D eigenvalue weighted by Gasteiger charge is 2.13. The van der Waals surface area contributed by atoms with Crippen molar-refractivity contribution in [1.29, 1.82) is 0 Å². The predicted molar refractivity (Wildman–Crippen MR) is 82.6 cm³/mol. The van der Waals surface area contributed by atoms with Crippen LogP contribution >= 0.6 is 0 Å². The van der Waals surface area contributed by atoms with Gasteiger partial charge in [-0.15, -0.1) is 0 Å². The number of hydrogen-bond donors (Lipinski definition) is 0. The highest BCUT2D eigenvalue weighted by atomic mass is 16.5. The average Bonchev–Trinajstić information content (AvgIpc) is 2.46. The highest BCUT2D eigenvalue weighted by molar-refractivity contribution is 5.85. The second-order valence-corrected chi connectivity index (χ2v) is 4.82. The van der Waals surface area contributed by atoms with Gasteiger partial charge in [0, 0.05) is 0 Å². The van der Waals surface area contributed by atoms with Crippen LogP contribution in [-0.2, 0) is 4.74 Å². The summed E-state index contributed by atoms with van der Waals surface area (Å²) in [5, 5.41) is 0. The monoisotopic (exact) mass is 252 g/mol. The Bertz CT molecular complexity index is 573. The second kappa shape index (κ2) is 5.75. The Morgan fingerprint density at radius 2 is 1.84 bits per heavy atom. The lowest BCUT2D eigenvalue weighted by atomic mass is 9.88. The van der Waals surface area contributed by atoms with E-state index in [4.69, 9.17) is 4.74 Å². The molecule has 19 heavy (non-hydrogen) atoms. The van der Waals surface area contributed by atoms with Crippen molar-refractivity contribution in [3.05, 3.63) is 72.0 Å². The largest absolute Gasteiger partial charge is 0.497 e. The maximum absolute atomic E-state index is 5.31. The summed E-state index contributed by atoms with van der Waals surface area (Å²) in [6.45, 7) is 10.3. The Kier molecular flexibility index (Phi) is 4.06. The number of methoxy groups -OCH3 is 1. The van der Waals surface area contributed by atoms with Gasteiger partial charge in [0.05, 0.1) is 7.11 Å². The van der Waals surface area contributed by atoms with E-state index in [9.17, 15) is 0 Å². The summed E-state index contributed by atoms with van der Waals surface area (Å²) in [5.41, 5.74) is 5.71. The molecule has 0 N–H and O–H groups in total. The molecule has 0 unspecified atom stereocenters. The molecular formula is C18H20O. The minimum absolute atomic E-state index is 0.926. The topological polar surface area (TPSA) is 9.23 Å². The standard InChI is InChI=1S/C18H20O/c1-13(2)17-10-5-6-11-18(17)14(3)15-8-7-9-16(12-15)19-4/h5-6,9-12H,1,3,7-8H2,2,4H3. The van der Waals surface area contributed by atoms with Crippen LogP contribution in [0.4, 0.5) is 0 Å². The molecule has 98 valence electrons. The van der Waals surface area contributed by atoms with Gasteiger partial charge in [-0.25, -0.2) is 0 Å². The van der Waals surface area contributed by atoms with Crippen LogP contribution in [0.25, 0.3) is 11.1 Å². The van der Waals surface area contributed by atoms with Crippen molar-refractivity contribution in [2.75, 3.05) is 7.11 Å². The first-order valence-electron chi connectivity index (χ1n) is 6.52. The molecule has 0 saturated heterocycles. The van der Waals surface area contributed by atoms with Crippen molar-refractivity contribution in [2.45, 2.75) is 19.8 Å². The fraction of sp³-hybridized carbons (Fsp3) is 0.222. The Balaban J connectivity index is 2.38.